The zero-order chi connectivity index (χ0) is 13.2. The van der Waals surface area contributed by atoms with Crippen molar-refractivity contribution in [2.24, 2.45) is 5.73 Å². The van der Waals surface area contributed by atoms with Crippen LogP contribution in [0, 0.1) is 5.82 Å². The molecule has 0 saturated heterocycles. The van der Waals surface area contributed by atoms with Crippen LogP contribution in [0.15, 0.2) is 18.2 Å². The van der Waals surface area contributed by atoms with E-state index in [1.807, 2.05) is 0 Å². The SMILES string of the molecule is CCC1(NCc2ccc(C(N)=O)cc2F)CCC1. The summed E-state index contributed by atoms with van der Waals surface area (Å²) in [6.07, 6.45) is 4.62. The molecule has 1 saturated carbocycles. The summed E-state index contributed by atoms with van der Waals surface area (Å²) in [5.74, 6) is -0.971. The number of amides is 1. The van der Waals surface area contributed by atoms with Crippen LogP contribution in [-0.4, -0.2) is 11.4 Å². The zero-order valence-corrected chi connectivity index (χ0v) is 10.6. The molecule has 1 fully saturated rings. The molecule has 0 unspecified atom stereocenters. The van der Waals surface area contributed by atoms with Gasteiger partial charge in [0, 0.05) is 23.2 Å². The van der Waals surface area contributed by atoms with Crippen LogP contribution in [0.4, 0.5) is 4.39 Å². The van der Waals surface area contributed by atoms with Crippen molar-refractivity contribution in [3.8, 4) is 0 Å². The highest BCUT2D eigenvalue weighted by Gasteiger charge is 2.34. The first-order valence-corrected chi connectivity index (χ1v) is 6.39. The van der Waals surface area contributed by atoms with E-state index in [4.69, 9.17) is 5.73 Å². The van der Waals surface area contributed by atoms with E-state index in [0.29, 0.717) is 12.1 Å². The predicted octanol–water partition coefficient (Wildman–Crippen LogP) is 2.35. The van der Waals surface area contributed by atoms with Gasteiger partial charge in [-0.05, 0) is 37.8 Å². The average Bonchev–Trinajstić information content (AvgIpc) is 2.29. The lowest BCUT2D eigenvalue weighted by Crippen LogP contribution is -2.49. The Labute approximate surface area is 107 Å². The first-order valence-electron chi connectivity index (χ1n) is 6.39. The molecule has 98 valence electrons. The van der Waals surface area contributed by atoms with E-state index >= 15 is 0 Å². The van der Waals surface area contributed by atoms with Crippen molar-refractivity contribution in [1.29, 1.82) is 0 Å². The molecule has 4 heteroatoms. The number of nitrogens with one attached hydrogen (secondary N) is 1. The van der Waals surface area contributed by atoms with Crippen molar-refractivity contribution >= 4 is 5.91 Å². The number of hydrogen-bond acceptors (Lipinski definition) is 2. The van der Waals surface area contributed by atoms with Crippen molar-refractivity contribution in [3.05, 3.63) is 35.1 Å². The Morgan fingerprint density at radius 3 is 2.67 bits per heavy atom. The number of carbonyl (C=O) groups is 1. The fourth-order valence-corrected chi connectivity index (χ4v) is 2.39. The molecule has 18 heavy (non-hydrogen) atoms. The number of carbonyl (C=O) groups excluding carboxylic acids is 1. The van der Waals surface area contributed by atoms with Crippen LogP contribution in [0.3, 0.4) is 0 Å². The largest absolute Gasteiger partial charge is 0.366 e. The molecule has 2 rings (SSSR count). The van der Waals surface area contributed by atoms with Crippen molar-refractivity contribution in [2.75, 3.05) is 0 Å². The van der Waals surface area contributed by atoms with Crippen molar-refractivity contribution < 1.29 is 9.18 Å². The molecular formula is C14H19FN2O. The second kappa shape index (κ2) is 5.06. The van der Waals surface area contributed by atoms with Gasteiger partial charge in [-0.25, -0.2) is 4.39 Å². The number of rotatable bonds is 5. The third kappa shape index (κ3) is 2.53. The van der Waals surface area contributed by atoms with Crippen LogP contribution in [-0.2, 0) is 6.54 Å². The van der Waals surface area contributed by atoms with Gasteiger partial charge in [-0.3, -0.25) is 4.79 Å². The van der Waals surface area contributed by atoms with Crippen LogP contribution in [0.2, 0.25) is 0 Å². The van der Waals surface area contributed by atoms with Gasteiger partial charge in [0.05, 0.1) is 0 Å². The molecule has 0 atom stereocenters. The van der Waals surface area contributed by atoms with Gasteiger partial charge < -0.3 is 11.1 Å². The van der Waals surface area contributed by atoms with Crippen molar-refractivity contribution in [1.82, 2.24) is 5.32 Å². The molecule has 0 aromatic heterocycles. The Morgan fingerprint density at radius 1 is 1.50 bits per heavy atom. The number of halogens is 1. The van der Waals surface area contributed by atoms with E-state index in [2.05, 4.69) is 12.2 Å². The molecule has 3 N–H and O–H groups in total. The molecule has 0 spiro atoms. The summed E-state index contributed by atoms with van der Waals surface area (Å²) in [7, 11) is 0. The van der Waals surface area contributed by atoms with Gasteiger partial charge in [-0.15, -0.1) is 0 Å². The topological polar surface area (TPSA) is 55.1 Å². The highest BCUT2D eigenvalue weighted by atomic mass is 19.1. The monoisotopic (exact) mass is 250 g/mol. The molecule has 0 heterocycles. The van der Waals surface area contributed by atoms with E-state index in [1.165, 1.54) is 12.5 Å². The summed E-state index contributed by atoms with van der Waals surface area (Å²) in [5, 5.41) is 3.43. The third-order valence-corrected chi connectivity index (χ3v) is 3.98. The summed E-state index contributed by atoms with van der Waals surface area (Å²) in [4.78, 5) is 10.9. The first-order chi connectivity index (χ1) is 8.56. The maximum absolute atomic E-state index is 13.8. The minimum Gasteiger partial charge on any atom is -0.366 e. The van der Waals surface area contributed by atoms with Gasteiger partial charge in [-0.1, -0.05) is 13.0 Å². The van der Waals surface area contributed by atoms with E-state index in [0.717, 1.165) is 19.3 Å². The van der Waals surface area contributed by atoms with Gasteiger partial charge >= 0.3 is 0 Å². The zero-order valence-electron chi connectivity index (χ0n) is 10.6. The number of hydrogen-bond donors (Lipinski definition) is 2. The summed E-state index contributed by atoms with van der Waals surface area (Å²) in [5.41, 5.74) is 6.09. The van der Waals surface area contributed by atoms with E-state index < -0.39 is 5.91 Å². The molecule has 1 aliphatic carbocycles. The Kier molecular flexibility index (Phi) is 3.66. The molecule has 3 nitrogen and oxygen atoms in total. The van der Waals surface area contributed by atoms with Gasteiger partial charge in [-0.2, -0.15) is 0 Å². The number of benzene rings is 1. The quantitative estimate of drug-likeness (QED) is 0.842. The lowest BCUT2D eigenvalue weighted by Gasteiger charge is -2.42. The first kappa shape index (κ1) is 13.0. The van der Waals surface area contributed by atoms with Crippen LogP contribution >= 0.6 is 0 Å². The number of primary amides is 1. The molecule has 0 radical (unpaired) electrons. The van der Waals surface area contributed by atoms with Gasteiger partial charge in [0.2, 0.25) is 5.91 Å². The van der Waals surface area contributed by atoms with Crippen LogP contribution in [0.1, 0.15) is 48.5 Å². The smallest absolute Gasteiger partial charge is 0.248 e. The van der Waals surface area contributed by atoms with Crippen LogP contribution in [0.25, 0.3) is 0 Å². The van der Waals surface area contributed by atoms with Crippen LogP contribution in [0.5, 0.6) is 0 Å². The normalized spacial score (nSPS) is 17.2. The molecular weight excluding hydrogens is 231 g/mol. The summed E-state index contributed by atoms with van der Waals surface area (Å²) in [6, 6.07) is 4.41. The second-order valence-corrected chi connectivity index (χ2v) is 5.01. The Bertz CT molecular complexity index is 450. The third-order valence-electron chi connectivity index (χ3n) is 3.98. The van der Waals surface area contributed by atoms with E-state index in [1.54, 1.807) is 12.1 Å². The summed E-state index contributed by atoms with van der Waals surface area (Å²) < 4.78 is 13.8. The van der Waals surface area contributed by atoms with Gasteiger partial charge in [0.1, 0.15) is 5.82 Å². The molecule has 1 amide bonds. The van der Waals surface area contributed by atoms with Gasteiger partial charge in [0.25, 0.3) is 0 Å². The maximum Gasteiger partial charge on any atom is 0.248 e. The van der Waals surface area contributed by atoms with Crippen molar-refractivity contribution in [3.63, 3.8) is 0 Å². The Hall–Kier alpha value is -1.42. The lowest BCUT2D eigenvalue weighted by atomic mass is 9.75. The Morgan fingerprint density at radius 2 is 2.22 bits per heavy atom. The van der Waals surface area contributed by atoms with E-state index in [-0.39, 0.29) is 16.9 Å². The second-order valence-electron chi connectivity index (χ2n) is 5.01. The molecule has 1 aliphatic rings. The minimum absolute atomic E-state index is 0.189. The molecule has 1 aromatic rings. The van der Waals surface area contributed by atoms with Gasteiger partial charge in [0.15, 0.2) is 0 Å². The van der Waals surface area contributed by atoms with E-state index in [9.17, 15) is 9.18 Å². The average molecular weight is 250 g/mol. The van der Waals surface area contributed by atoms with Crippen LogP contribution < -0.4 is 11.1 Å². The fourth-order valence-electron chi connectivity index (χ4n) is 2.39. The summed E-state index contributed by atoms with van der Waals surface area (Å²) >= 11 is 0. The fraction of sp³-hybridized carbons (Fsp3) is 0.500. The molecule has 0 bridgehead atoms. The predicted molar refractivity (Wildman–Crippen MR) is 68.6 cm³/mol. The number of nitrogens with two attached hydrogens (primary N) is 1. The molecule has 1 aromatic carbocycles. The maximum atomic E-state index is 13.8. The summed E-state index contributed by atoms with van der Waals surface area (Å²) in [6.45, 7) is 2.65. The molecule has 0 aliphatic heterocycles. The standard InChI is InChI=1S/C14H19FN2O/c1-2-14(6-3-7-14)17-9-11-5-4-10(13(16)18)8-12(11)15/h4-5,8,17H,2-3,6-7,9H2,1H3,(H2,16,18). The Balaban J connectivity index is 2.03. The van der Waals surface area contributed by atoms with Crippen molar-refractivity contribution in [2.45, 2.75) is 44.7 Å². The highest BCUT2D eigenvalue weighted by molar-refractivity contribution is 5.92. The lowest BCUT2D eigenvalue weighted by molar-refractivity contribution is 0.1000. The minimum atomic E-state index is -0.600. The highest BCUT2D eigenvalue weighted by Crippen LogP contribution is 2.34.